The van der Waals surface area contributed by atoms with Gasteiger partial charge in [-0.05, 0) is 49.4 Å². The van der Waals surface area contributed by atoms with Crippen LogP contribution in [-0.2, 0) is 0 Å². The molecule has 1 heterocycles. The second kappa shape index (κ2) is 2.13. The topological polar surface area (TPSA) is 12.0 Å². The lowest BCUT2D eigenvalue weighted by Crippen LogP contribution is -2.45. The van der Waals surface area contributed by atoms with Gasteiger partial charge in [-0.25, -0.2) is 0 Å². The Bertz CT molecular complexity index is 250. The van der Waals surface area contributed by atoms with Crippen molar-refractivity contribution in [1.82, 2.24) is 5.32 Å². The molecule has 1 nitrogen and oxygen atoms in total. The molecule has 2 aliphatic carbocycles. The molecule has 0 radical (unpaired) electrons. The minimum absolute atomic E-state index is 0.643. The lowest BCUT2D eigenvalue weighted by molar-refractivity contribution is 0.137. The van der Waals surface area contributed by atoms with E-state index in [0.29, 0.717) is 10.8 Å². The molecular formula is C12H21N. The summed E-state index contributed by atoms with van der Waals surface area (Å²) < 4.78 is 0. The predicted molar refractivity (Wildman–Crippen MR) is 54.6 cm³/mol. The van der Waals surface area contributed by atoms with Crippen LogP contribution in [0.25, 0.3) is 0 Å². The Kier molecular flexibility index (Phi) is 1.36. The summed E-state index contributed by atoms with van der Waals surface area (Å²) in [6, 6.07) is 1.59. The van der Waals surface area contributed by atoms with Gasteiger partial charge in [0.25, 0.3) is 0 Å². The fourth-order valence-electron chi connectivity index (χ4n) is 4.81. The minimum Gasteiger partial charge on any atom is -0.310 e. The fourth-order valence-corrected chi connectivity index (χ4v) is 4.81. The van der Waals surface area contributed by atoms with E-state index in [4.69, 9.17) is 0 Å². The molecule has 74 valence electrons. The molecule has 3 fully saturated rings. The Morgan fingerprint density at radius 1 is 1.23 bits per heavy atom. The molecule has 1 heteroatoms. The van der Waals surface area contributed by atoms with Gasteiger partial charge in [-0.15, -0.1) is 0 Å². The van der Waals surface area contributed by atoms with Crippen LogP contribution in [0, 0.1) is 16.7 Å². The monoisotopic (exact) mass is 179 g/mol. The van der Waals surface area contributed by atoms with Crippen molar-refractivity contribution in [3.63, 3.8) is 0 Å². The molecule has 2 saturated carbocycles. The van der Waals surface area contributed by atoms with E-state index < -0.39 is 0 Å². The zero-order valence-electron chi connectivity index (χ0n) is 9.06. The molecular weight excluding hydrogens is 158 g/mol. The van der Waals surface area contributed by atoms with E-state index in [9.17, 15) is 0 Å². The molecule has 1 aliphatic heterocycles. The van der Waals surface area contributed by atoms with Crippen molar-refractivity contribution in [2.45, 2.75) is 58.5 Å². The second-order valence-electron chi connectivity index (χ2n) is 6.30. The molecule has 3 rings (SSSR count). The number of rotatable bonds is 0. The van der Waals surface area contributed by atoms with Gasteiger partial charge in [-0.2, -0.15) is 0 Å². The van der Waals surface area contributed by atoms with Gasteiger partial charge in [-0.3, -0.25) is 0 Å². The van der Waals surface area contributed by atoms with Crippen LogP contribution in [-0.4, -0.2) is 12.1 Å². The van der Waals surface area contributed by atoms with Crippen molar-refractivity contribution >= 4 is 0 Å². The highest BCUT2D eigenvalue weighted by molar-refractivity contribution is 5.17. The third kappa shape index (κ3) is 0.823. The summed E-state index contributed by atoms with van der Waals surface area (Å²) in [5.74, 6) is 1.03. The van der Waals surface area contributed by atoms with Gasteiger partial charge in [0.15, 0.2) is 0 Å². The van der Waals surface area contributed by atoms with Gasteiger partial charge in [0.1, 0.15) is 0 Å². The van der Waals surface area contributed by atoms with Crippen LogP contribution in [0.1, 0.15) is 46.5 Å². The zero-order valence-corrected chi connectivity index (χ0v) is 9.06. The first-order valence-corrected chi connectivity index (χ1v) is 5.81. The summed E-state index contributed by atoms with van der Waals surface area (Å²) in [6.07, 6.45) is 5.88. The smallest absolute Gasteiger partial charge is 0.0180 e. The molecule has 13 heavy (non-hydrogen) atoms. The summed E-state index contributed by atoms with van der Waals surface area (Å²) >= 11 is 0. The van der Waals surface area contributed by atoms with Crippen molar-refractivity contribution in [2.24, 2.45) is 16.7 Å². The molecule has 5 atom stereocenters. The van der Waals surface area contributed by atoms with E-state index in [1.54, 1.807) is 0 Å². The van der Waals surface area contributed by atoms with E-state index in [1.807, 2.05) is 0 Å². The molecule has 0 amide bonds. The Morgan fingerprint density at radius 3 is 2.69 bits per heavy atom. The summed E-state index contributed by atoms with van der Waals surface area (Å²) in [5, 5.41) is 3.83. The molecule has 1 saturated heterocycles. The molecule has 3 unspecified atom stereocenters. The van der Waals surface area contributed by atoms with E-state index in [2.05, 4.69) is 26.1 Å². The lowest BCUT2D eigenvalue weighted by Gasteiger charge is -2.39. The highest BCUT2D eigenvalue weighted by atomic mass is 15.1. The maximum Gasteiger partial charge on any atom is 0.0180 e. The quantitative estimate of drug-likeness (QED) is 0.602. The van der Waals surface area contributed by atoms with Gasteiger partial charge in [0, 0.05) is 12.1 Å². The summed E-state index contributed by atoms with van der Waals surface area (Å²) in [6.45, 7) is 7.39. The fraction of sp³-hybridized carbons (Fsp3) is 1.00. The molecule has 0 aromatic carbocycles. The van der Waals surface area contributed by atoms with E-state index >= 15 is 0 Å². The molecule has 0 aromatic heterocycles. The average molecular weight is 179 g/mol. The van der Waals surface area contributed by atoms with Gasteiger partial charge < -0.3 is 5.32 Å². The van der Waals surface area contributed by atoms with Crippen molar-refractivity contribution < 1.29 is 0 Å². The maximum absolute atomic E-state index is 3.83. The molecule has 3 aliphatic rings. The third-order valence-electron chi connectivity index (χ3n) is 5.26. The third-order valence-corrected chi connectivity index (χ3v) is 5.26. The molecule has 2 bridgehead atoms. The largest absolute Gasteiger partial charge is 0.310 e. The SMILES string of the molecule is CC1CC2(C)C(N1)[C@@]1(C)CC[C@H]2C1. The lowest BCUT2D eigenvalue weighted by atomic mass is 9.68. The van der Waals surface area contributed by atoms with E-state index in [1.165, 1.54) is 25.7 Å². The Labute approximate surface area is 81.3 Å². The predicted octanol–water partition coefficient (Wildman–Crippen LogP) is 2.56. The maximum atomic E-state index is 3.83. The zero-order chi connectivity index (χ0) is 9.27. The van der Waals surface area contributed by atoms with Crippen molar-refractivity contribution in [2.75, 3.05) is 0 Å². The Hall–Kier alpha value is -0.0400. The second-order valence-corrected chi connectivity index (χ2v) is 6.30. The van der Waals surface area contributed by atoms with Crippen LogP contribution < -0.4 is 5.32 Å². The minimum atomic E-state index is 0.643. The van der Waals surface area contributed by atoms with E-state index in [-0.39, 0.29) is 0 Å². The van der Waals surface area contributed by atoms with Crippen LogP contribution >= 0.6 is 0 Å². The van der Waals surface area contributed by atoms with Crippen molar-refractivity contribution in [1.29, 1.82) is 0 Å². The number of hydrogen-bond acceptors (Lipinski definition) is 1. The van der Waals surface area contributed by atoms with Crippen molar-refractivity contribution in [3.8, 4) is 0 Å². The Balaban J connectivity index is 2.01. The van der Waals surface area contributed by atoms with Gasteiger partial charge in [0.2, 0.25) is 0 Å². The first-order valence-electron chi connectivity index (χ1n) is 5.81. The number of fused-ring (bicyclic) bond motifs is 5. The van der Waals surface area contributed by atoms with E-state index in [0.717, 1.165) is 18.0 Å². The van der Waals surface area contributed by atoms with Crippen LogP contribution in [0.5, 0.6) is 0 Å². The summed E-state index contributed by atoms with van der Waals surface area (Å²) in [4.78, 5) is 0. The standard InChI is InChI=1S/C12H21N/c1-8-6-12(3)9-4-5-11(2,7-9)10(12)13-8/h8-10,13H,4-7H2,1-3H3/t8?,9-,10?,11-,12?/m0/s1. The summed E-state index contributed by atoms with van der Waals surface area (Å²) in [7, 11) is 0. The average Bonchev–Trinajstić information content (AvgIpc) is 2.58. The molecule has 0 aromatic rings. The van der Waals surface area contributed by atoms with Gasteiger partial charge in [-0.1, -0.05) is 13.8 Å². The first-order chi connectivity index (χ1) is 6.05. The van der Waals surface area contributed by atoms with Crippen LogP contribution in [0.2, 0.25) is 0 Å². The molecule has 0 spiro atoms. The first kappa shape index (κ1) is 8.28. The normalized spacial score (nSPS) is 64.4. The Morgan fingerprint density at radius 2 is 2.00 bits per heavy atom. The van der Waals surface area contributed by atoms with Crippen LogP contribution in [0.3, 0.4) is 0 Å². The van der Waals surface area contributed by atoms with Gasteiger partial charge >= 0.3 is 0 Å². The van der Waals surface area contributed by atoms with Crippen LogP contribution in [0.4, 0.5) is 0 Å². The summed E-state index contributed by atoms with van der Waals surface area (Å²) in [5.41, 5.74) is 1.29. The highest BCUT2D eigenvalue weighted by Gasteiger charge is 2.63. The van der Waals surface area contributed by atoms with Gasteiger partial charge in [0.05, 0.1) is 0 Å². The highest BCUT2D eigenvalue weighted by Crippen LogP contribution is 2.66. The van der Waals surface area contributed by atoms with Crippen LogP contribution in [0.15, 0.2) is 0 Å². The number of nitrogens with one attached hydrogen (secondary N) is 1. The number of hydrogen-bond donors (Lipinski definition) is 1. The van der Waals surface area contributed by atoms with Crippen molar-refractivity contribution in [3.05, 3.63) is 0 Å². The molecule has 1 N–H and O–H groups in total.